The zero-order chi connectivity index (χ0) is 13.9. The highest BCUT2D eigenvalue weighted by molar-refractivity contribution is 5.85. The summed E-state index contributed by atoms with van der Waals surface area (Å²) < 4.78 is 0. The van der Waals surface area contributed by atoms with Gasteiger partial charge >= 0.3 is 0 Å². The number of nitrogens with zero attached hydrogens (tertiary/aromatic N) is 2. The fourth-order valence-corrected chi connectivity index (χ4v) is 2.51. The van der Waals surface area contributed by atoms with E-state index >= 15 is 0 Å². The van der Waals surface area contributed by atoms with Crippen LogP contribution in [0, 0.1) is 0 Å². The average Bonchev–Trinajstić information content (AvgIpc) is 2.93. The number of benzene rings is 1. The first-order valence-electron chi connectivity index (χ1n) is 6.56. The summed E-state index contributed by atoms with van der Waals surface area (Å²) in [6.07, 6.45) is 3.86. The van der Waals surface area contributed by atoms with E-state index in [0.717, 1.165) is 23.4 Å². The Bertz CT molecular complexity index is 665. The SMILES string of the molecule is NC(=O)CC(c1ccc2c(c1)C=NC2)c1ccccn1. The zero-order valence-corrected chi connectivity index (χ0v) is 11.0. The summed E-state index contributed by atoms with van der Waals surface area (Å²) in [5, 5.41) is 0. The van der Waals surface area contributed by atoms with Crippen LogP contribution in [0.2, 0.25) is 0 Å². The van der Waals surface area contributed by atoms with Gasteiger partial charge in [0, 0.05) is 30.4 Å². The van der Waals surface area contributed by atoms with Crippen molar-refractivity contribution in [2.45, 2.75) is 18.9 Å². The van der Waals surface area contributed by atoms with Crippen LogP contribution >= 0.6 is 0 Å². The van der Waals surface area contributed by atoms with Gasteiger partial charge in [0.1, 0.15) is 0 Å². The van der Waals surface area contributed by atoms with E-state index in [4.69, 9.17) is 5.73 Å². The minimum Gasteiger partial charge on any atom is -0.370 e. The molecule has 20 heavy (non-hydrogen) atoms. The Morgan fingerprint density at radius 3 is 2.95 bits per heavy atom. The summed E-state index contributed by atoms with van der Waals surface area (Å²) in [6, 6.07) is 11.9. The van der Waals surface area contributed by atoms with Crippen molar-refractivity contribution in [2.75, 3.05) is 0 Å². The van der Waals surface area contributed by atoms with Gasteiger partial charge in [-0.3, -0.25) is 14.8 Å². The smallest absolute Gasteiger partial charge is 0.218 e. The van der Waals surface area contributed by atoms with Gasteiger partial charge in [-0.15, -0.1) is 0 Å². The summed E-state index contributed by atoms with van der Waals surface area (Å²) in [5.74, 6) is -0.428. The molecule has 1 aromatic heterocycles. The second-order valence-corrected chi connectivity index (χ2v) is 4.91. The van der Waals surface area contributed by atoms with Crippen LogP contribution in [0.15, 0.2) is 47.6 Å². The molecule has 100 valence electrons. The lowest BCUT2D eigenvalue weighted by molar-refractivity contribution is -0.118. The van der Waals surface area contributed by atoms with Crippen LogP contribution in [0.1, 0.15) is 34.7 Å². The first-order chi connectivity index (χ1) is 9.74. The molecule has 0 aliphatic carbocycles. The molecule has 1 aliphatic rings. The van der Waals surface area contributed by atoms with E-state index in [1.807, 2.05) is 30.5 Å². The first-order valence-corrected chi connectivity index (χ1v) is 6.56. The van der Waals surface area contributed by atoms with Crippen molar-refractivity contribution in [3.05, 3.63) is 65.0 Å². The predicted octanol–water partition coefficient (Wildman–Crippen LogP) is 2.02. The number of hydrogen-bond donors (Lipinski definition) is 1. The van der Waals surface area contributed by atoms with Gasteiger partial charge in [0.2, 0.25) is 5.91 Å². The van der Waals surface area contributed by atoms with E-state index in [1.165, 1.54) is 5.56 Å². The van der Waals surface area contributed by atoms with Gasteiger partial charge < -0.3 is 5.73 Å². The molecular weight excluding hydrogens is 250 g/mol. The van der Waals surface area contributed by atoms with Crippen LogP contribution in [0.4, 0.5) is 0 Å². The second-order valence-electron chi connectivity index (χ2n) is 4.91. The normalized spacial score (nSPS) is 14.0. The fourth-order valence-electron chi connectivity index (χ4n) is 2.51. The number of carbonyl (C=O) groups excluding carboxylic acids is 1. The van der Waals surface area contributed by atoms with E-state index in [1.54, 1.807) is 6.20 Å². The number of nitrogens with two attached hydrogens (primary N) is 1. The van der Waals surface area contributed by atoms with Crippen molar-refractivity contribution < 1.29 is 4.79 Å². The van der Waals surface area contributed by atoms with Crippen molar-refractivity contribution in [1.29, 1.82) is 0 Å². The molecule has 2 heterocycles. The lowest BCUT2D eigenvalue weighted by Crippen LogP contribution is -2.17. The van der Waals surface area contributed by atoms with Gasteiger partial charge in [0.05, 0.1) is 6.54 Å². The van der Waals surface area contributed by atoms with Crippen LogP contribution in [-0.4, -0.2) is 17.1 Å². The minimum absolute atomic E-state index is 0.104. The molecule has 4 nitrogen and oxygen atoms in total. The Labute approximate surface area is 117 Å². The third-order valence-corrected chi connectivity index (χ3v) is 3.51. The van der Waals surface area contributed by atoms with E-state index in [2.05, 4.69) is 22.1 Å². The van der Waals surface area contributed by atoms with Crippen LogP contribution in [0.3, 0.4) is 0 Å². The predicted molar refractivity (Wildman–Crippen MR) is 77.6 cm³/mol. The zero-order valence-electron chi connectivity index (χ0n) is 11.0. The number of amides is 1. The van der Waals surface area contributed by atoms with Gasteiger partial charge in [-0.25, -0.2) is 0 Å². The highest BCUT2D eigenvalue weighted by Gasteiger charge is 2.19. The second kappa shape index (κ2) is 5.25. The molecule has 2 aromatic rings. The van der Waals surface area contributed by atoms with Gasteiger partial charge in [0.25, 0.3) is 0 Å². The van der Waals surface area contributed by atoms with Crippen molar-refractivity contribution in [2.24, 2.45) is 10.7 Å². The monoisotopic (exact) mass is 265 g/mol. The standard InChI is InChI=1S/C16H15N3O/c17-16(20)8-14(15-3-1-2-6-19-15)11-4-5-12-9-18-10-13(12)7-11/h1-7,10,14H,8-9H2,(H2,17,20). The molecular formula is C16H15N3O. The molecule has 0 saturated carbocycles. The maximum Gasteiger partial charge on any atom is 0.218 e. The number of rotatable bonds is 4. The molecule has 1 aliphatic heterocycles. The summed E-state index contributed by atoms with van der Waals surface area (Å²) in [6.45, 7) is 0.736. The van der Waals surface area contributed by atoms with Gasteiger partial charge in [-0.1, -0.05) is 18.2 Å². The van der Waals surface area contributed by atoms with Gasteiger partial charge in [-0.2, -0.15) is 0 Å². The van der Waals surface area contributed by atoms with Crippen molar-refractivity contribution in [1.82, 2.24) is 4.98 Å². The first kappa shape index (κ1) is 12.5. The minimum atomic E-state index is -0.324. The molecule has 1 unspecified atom stereocenters. The molecule has 1 aromatic carbocycles. The maximum atomic E-state index is 11.4. The molecule has 0 spiro atoms. The molecule has 2 N–H and O–H groups in total. The molecule has 0 saturated heterocycles. The summed E-state index contributed by atoms with van der Waals surface area (Å²) in [7, 11) is 0. The van der Waals surface area contributed by atoms with E-state index in [9.17, 15) is 4.79 Å². The number of aromatic nitrogens is 1. The molecule has 4 heteroatoms. The van der Waals surface area contributed by atoms with Gasteiger partial charge in [-0.05, 0) is 34.9 Å². The number of hydrogen-bond acceptors (Lipinski definition) is 3. The fraction of sp³-hybridized carbons (Fsp3) is 0.188. The van der Waals surface area contributed by atoms with E-state index < -0.39 is 0 Å². The largest absolute Gasteiger partial charge is 0.370 e. The third-order valence-electron chi connectivity index (χ3n) is 3.51. The van der Waals surface area contributed by atoms with Crippen molar-refractivity contribution >= 4 is 12.1 Å². The lowest BCUT2D eigenvalue weighted by atomic mass is 9.90. The Hall–Kier alpha value is -2.49. The Balaban J connectivity index is 2.01. The van der Waals surface area contributed by atoms with Crippen LogP contribution in [0.25, 0.3) is 0 Å². The molecule has 0 radical (unpaired) electrons. The molecule has 0 bridgehead atoms. The molecule has 0 fully saturated rings. The van der Waals surface area contributed by atoms with E-state index in [-0.39, 0.29) is 18.2 Å². The quantitative estimate of drug-likeness (QED) is 0.918. The summed E-state index contributed by atoms with van der Waals surface area (Å²) >= 11 is 0. The lowest BCUT2D eigenvalue weighted by Gasteiger charge is -2.16. The number of carbonyl (C=O) groups is 1. The van der Waals surface area contributed by atoms with Crippen LogP contribution < -0.4 is 5.73 Å². The molecule has 3 rings (SSSR count). The maximum absolute atomic E-state index is 11.4. The number of fused-ring (bicyclic) bond motifs is 1. The summed E-state index contributed by atoms with van der Waals surface area (Å²) in [5.41, 5.74) is 9.63. The Morgan fingerprint density at radius 2 is 2.20 bits per heavy atom. The van der Waals surface area contributed by atoms with Crippen molar-refractivity contribution in [3.8, 4) is 0 Å². The van der Waals surface area contributed by atoms with E-state index in [0.29, 0.717) is 0 Å². The Morgan fingerprint density at radius 1 is 1.30 bits per heavy atom. The van der Waals surface area contributed by atoms with Gasteiger partial charge in [0.15, 0.2) is 0 Å². The average molecular weight is 265 g/mol. The number of aliphatic imine (C=N–C) groups is 1. The number of primary amides is 1. The molecule has 1 amide bonds. The number of pyridine rings is 1. The topological polar surface area (TPSA) is 68.3 Å². The highest BCUT2D eigenvalue weighted by atomic mass is 16.1. The van der Waals surface area contributed by atoms with Crippen molar-refractivity contribution in [3.63, 3.8) is 0 Å². The summed E-state index contributed by atoms with van der Waals surface area (Å²) in [4.78, 5) is 20.0. The molecule has 1 atom stereocenters. The van der Waals surface area contributed by atoms with Crippen LogP contribution in [-0.2, 0) is 11.3 Å². The van der Waals surface area contributed by atoms with Crippen LogP contribution in [0.5, 0.6) is 0 Å². The highest BCUT2D eigenvalue weighted by Crippen LogP contribution is 2.28. The Kier molecular flexibility index (Phi) is 3.29. The third kappa shape index (κ3) is 2.45.